The van der Waals surface area contributed by atoms with Crippen LogP contribution in [0.4, 0.5) is 16.2 Å². The number of hydrogen-bond donors (Lipinski definition) is 3. The van der Waals surface area contributed by atoms with E-state index in [2.05, 4.69) is 29.8 Å². The zero-order valence-electron chi connectivity index (χ0n) is 13.2. The third-order valence-corrected chi connectivity index (χ3v) is 3.02. The summed E-state index contributed by atoms with van der Waals surface area (Å²) < 4.78 is 0. The number of rotatable bonds is 6. The first-order valence-electron chi connectivity index (χ1n) is 7.32. The molecule has 0 bridgehead atoms. The Balaban J connectivity index is 2.42. The first-order valence-corrected chi connectivity index (χ1v) is 7.32. The highest BCUT2D eigenvalue weighted by atomic mass is 16.2. The Morgan fingerprint density at radius 3 is 1.95 bits per heavy atom. The fourth-order valence-corrected chi connectivity index (χ4v) is 1.89. The Labute approximate surface area is 126 Å². The van der Waals surface area contributed by atoms with E-state index in [0.29, 0.717) is 17.3 Å². The molecule has 21 heavy (non-hydrogen) atoms. The first-order chi connectivity index (χ1) is 9.86. The molecule has 1 aromatic rings. The molecule has 0 saturated carbocycles. The highest BCUT2D eigenvalue weighted by Gasteiger charge is 2.08. The molecule has 1 aromatic carbocycles. The fraction of sp³-hybridized carbons (Fsp3) is 0.500. The van der Waals surface area contributed by atoms with Crippen molar-refractivity contribution in [1.29, 1.82) is 0 Å². The van der Waals surface area contributed by atoms with Crippen LogP contribution in [0.25, 0.3) is 0 Å². The molecule has 0 aromatic heterocycles. The summed E-state index contributed by atoms with van der Waals surface area (Å²) in [5.74, 6) is 0.520. The molecule has 0 radical (unpaired) electrons. The van der Waals surface area contributed by atoms with E-state index in [0.717, 1.165) is 12.8 Å². The van der Waals surface area contributed by atoms with Crippen LogP contribution < -0.4 is 16.0 Å². The van der Waals surface area contributed by atoms with Gasteiger partial charge in [-0.05, 0) is 49.9 Å². The largest absolute Gasteiger partial charge is 0.335 e. The topological polar surface area (TPSA) is 70.2 Å². The number of urea groups is 1. The van der Waals surface area contributed by atoms with Crippen molar-refractivity contribution in [2.45, 2.75) is 46.6 Å². The van der Waals surface area contributed by atoms with Crippen molar-refractivity contribution in [3.63, 3.8) is 0 Å². The van der Waals surface area contributed by atoms with E-state index in [4.69, 9.17) is 0 Å². The summed E-state index contributed by atoms with van der Waals surface area (Å²) in [4.78, 5) is 22.8. The van der Waals surface area contributed by atoms with E-state index < -0.39 is 0 Å². The van der Waals surface area contributed by atoms with Crippen LogP contribution in [0.2, 0.25) is 0 Å². The van der Waals surface area contributed by atoms with E-state index in [1.807, 2.05) is 6.92 Å². The van der Waals surface area contributed by atoms with Crippen molar-refractivity contribution >= 4 is 23.3 Å². The molecule has 1 unspecified atom stereocenters. The molecule has 116 valence electrons. The highest BCUT2D eigenvalue weighted by Crippen LogP contribution is 2.13. The molecule has 0 aliphatic rings. The molecule has 1 rings (SSSR count). The lowest BCUT2D eigenvalue weighted by molar-refractivity contribution is -0.114. The maximum atomic E-state index is 11.8. The Kier molecular flexibility index (Phi) is 6.72. The van der Waals surface area contributed by atoms with E-state index >= 15 is 0 Å². The summed E-state index contributed by atoms with van der Waals surface area (Å²) in [5.41, 5.74) is 1.40. The molecule has 0 spiro atoms. The van der Waals surface area contributed by atoms with Gasteiger partial charge < -0.3 is 16.0 Å². The molecule has 0 aliphatic heterocycles. The van der Waals surface area contributed by atoms with Crippen molar-refractivity contribution in [2.24, 2.45) is 5.92 Å². The Hall–Kier alpha value is -2.04. The molecule has 3 amide bonds. The zero-order chi connectivity index (χ0) is 15.8. The predicted molar refractivity (Wildman–Crippen MR) is 86.4 cm³/mol. The number of carbonyl (C=O) groups is 2. The van der Waals surface area contributed by atoms with Crippen molar-refractivity contribution < 1.29 is 9.59 Å². The molecule has 0 saturated heterocycles. The number of amides is 3. The average Bonchev–Trinajstić information content (AvgIpc) is 2.38. The van der Waals surface area contributed by atoms with Gasteiger partial charge in [0.15, 0.2) is 0 Å². The van der Waals surface area contributed by atoms with Gasteiger partial charge in [0.2, 0.25) is 5.91 Å². The Bertz CT molecular complexity index is 469. The smallest absolute Gasteiger partial charge is 0.319 e. The number of benzene rings is 1. The minimum Gasteiger partial charge on any atom is -0.335 e. The van der Waals surface area contributed by atoms with Crippen LogP contribution in [-0.4, -0.2) is 18.0 Å². The summed E-state index contributed by atoms with van der Waals surface area (Å²) in [6.07, 6.45) is 2.05. The van der Waals surface area contributed by atoms with Crippen molar-refractivity contribution in [3.8, 4) is 0 Å². The van der Waals surface area contributed by atoms with Crippen LogP contribution >= 0.6 is 0 Å². The number of nitrogens with one attached hydrogen (secondary N) is 3. The molecule has 5 heteroatoms. The standard InChI is InChI=1S/C16H25N3O2/c1-11(2)5-6-12(3)17-16(21)19-15-9-7-14(8-10-15)18-13(4)20/h7-12H,5-6H2,1-4H3,(H,18,20)(H2,17,19,21). The third kappa shape index (κ3) is 7.34. The Morgan fingerprint density at radius 2 is 1.48 bits per heavy atom. The normalized spacial score (nSPS) is 11.9. The first kappa shape index (κ1) is 17.0. The lowest BCUT2D eigenvalue weighted by Crippen LogP contribution is -2.36. The number of hydrogen-bond acceptors (Lipinski definition) is 2. The van der Waals surface area contributed by atoms with Gasteiger partial charge in [0.05, 0.1) is 0 Å². The van der Waals surface area contributed by atoms with Crippen LogP contribution in [-0.2, 0) is 4.79 Å². The van der Waals surface area contributed by atoms with Gasteiger partial charge >= 0.3 is 6.03 Å². The van der Waals surface area contributed by atoms with Crippen molar-refractivity contribution in [1.82, 2.24) is 5.32 Å². The van der Waals surface area contributed by atoms with Gasteiger partial charge in [-0.25, -0.2) is 4.79 Å². The van der Waals surface area contributed by atoms with Crippen LogP contribution in [0.3, 0.4) is 0 Å². The van der Waals surface area contributed by atoms with Gasteiger partial charge in [0.25, 0.3) is 0 Å². The molecule has 0 fully saturated rings. The summed E-state index contributed by atoms with van der Waals surface area (Å²) in [6.45, 7) is 7.80. The maximum Gasteiger partial charge on any atom is 0.319 e. The average molecular weight is 291 g/mol. The zero-order valence-corrected chi connectivity index (χ0v) is 13.2. The quantitative estimate of drug-likeness (QED) is 0.749. The van der Waals surface area contributed by atoms with Crippen LogP contribution in [0.1, 0.15) is 40.5 Å². The van der Waals surface area contributed by atoms with Crippen LogP contribution in [0.5, 0.6) is 0 Å². The van der Waals surface area contributed by atoms with Crippen LogP contribution in [0, 0.1) is 5.92 Å². The molecular weight excluding hydrogens is 266 g/mol. The van der Waals surface area contributed by atoms with Gasteiger partial charge in [-0.3, -0.25) is 4.79 Å². The lowest BCUT2D eigenvalue weighted by atomic mass is 10.0. The molecule has 3 N–H and O–H groups in total. The second kappa shape index (κ2) is 8.29. The summed E-state index contributed by atoms with van der Waals surface area (Å²) in [6, 6.07) is 6.94. The van der Waals surface area contributed by atoms with Crippen molar-refractivity contribution in [2.75, 3.05) is 10.6 Å². The summed E-state index contributed by atoms with van der Waals surface area (Å²) in [7, 11) is 0. The van der Waals surface area contributed by atoms with Gasteiger partial charge in [-0.1, -0.05) is 13.8 Å². The SMILES string of the molecule is CC(=O)Nc1ccc(NC(=O)NC(C)CCC(C)C)cc1. The second-order valence-corrected chi connectivity index (χ2v) is 5.73. The molecule has 0 heterocycles. The van der Waals surface area contributed by atoms with Gasteiger partial charge in [-0.15, -0.1) is 0 Å². The fourth-order valence-electron chi connectivity index (χ4n) is 1.89. The highest BCUT2D eigenvalue weighted by molar-refractivity contribution is 5.91. The van der Waals surface area contributed by atoms with E-state index in [-0.39, 0.29) is 18.0 Å². The predicted octanol–water partition coefficient (Wildman–Crippen LogP) is 3.59. The van der Waals surface area contributed by atoms with Crippen LogP contribution in [0.15, 0.2) is 24.3 Å². The molecular formula is C16H25N3O2. The summed E-state index contributed by atoms with van der Waals surface area (Å²) >= 11 is 0. The van der Waals surface area contributed by atoms with E-state index in [1.165, 1.54) is 6.92 Å². The minimum absolute atomic E-state index is 0.118. The maximum absolute atomic E-state index is 11.8. The third-order valence-electron chi connectivity index (χ3n) is 3.02. The molecule has 0 aliphatic carbocycles. The lowest BCUT2D eigenvalue weighted by Gasteiger charge is -2.15. The van der Waals surface area contributed by atoms with E-state index in [9.17, 15) is 9.59 Å². The van der Waals surface area contributed by atoms with Crippen molar-refractivity contribution in [3.05, 3.63) is 24.3 Å². The monoisotopic (exact) mass is 291 g/mol. The molecule has 1 atom stereocenters. The van der Waals surface area contributed by atoms with Gasteiger partial charge in [-0.2, -0.15) is 0 Å². The minimum atomic E-state index is -0.210. The van der Waals surface area contributed by atoms with Gasteiger partial charge in [0.1, 0.15) is 0 Å². The summed E-state index contributed by atoms with van der Waals surface area (Å²) in [5, 5.41) is 8.37. The Morgan fingerprint density at radius 1 is 0.952 bits per heavy atom. The number of anilines is 2. The second-order valence-electron chi connectivity index (χ2n) is 5.73. The number of carbonyl (C=O) groups excluding carboxylic acids is 2. The van der Waals surface area contributed by atoms with E-state index in [1.54, 1.807) is 24.3 Å². The molecule has 5 nitrogen and oxygen atoms in total. The van der Waals surface area contributed by atoms with Gasteiger partial charge in [0, 0.05) is 24.3 Å².